The Bertz CT molecular complexity index is 979. The van der Waals surface area contributed by atoms with Gasteiger partial charge in [-0.3, -0.25) is 0 Å². The molecule has 26 heavy (non-hydrogen) atoms. The third kappa shape index (κ3) is 2.26. The largest absolute Gasteiger partial charge is 0.213 e. The van der Waals surface area contributed by atoms with Crippen molar-refractivity contribution in [2.45, 2.75) is 65.3 Å². The van der Waals surface area contributed by atoms with Gasteiger partial charge in [0.05, 0.1) is 5.56 Å². The predicted molar refractivity (Wildman–Crippen MR) is 111 cm³/mol. The Balaban J connectivity index is 2.20. The highest BCUT2D eigenvalue weighted by molar-refractivity contribution is 5.79. The lowest BCUT2D eigenvalue weighted by molar-refractivity contribution is -0.740. The maximum atomic E-state index is 2.70. The zero-order valence-corrected chi connectivity index (χ0v) is 16.8. The average molecular weight is 345 g/mol. The Morgan fingerprint density at radius 1 is 0.846 bits per heavy atom. The first-order valence-corrected chi connectivity index (χ1v) is 10.1. The molecule has 1 aliphatic rings. The first-order valence-electron chi connectivity index (χ1n) is 10.1. The number of pyridine rings is 1. The van der Waals surface area contributed by atoms with Crippen molar-refractivity contribution in [3.63, 3.8) is 0 Å². The zero-order valence-electron chi connectivity index (χ0n) is 16.8. The molecule has 0 fully saturated rings. The van der Waals surface area contributed by atoms with Gasteiger partial charge in [0.25, 0.3) is 0 Å². The highest BCUT2D eigenvalue weighted by Gasteiger charge is 2.51. The van der Waals surface area contributed by atoms with Crippen molar-refractivity contribution in [3.05, 3.63) is 65.2 Å². The highest BCUT2D eigenvalue weighted by Crippen LogP contribution is 2.47. The van der Waals surface area contributed by atoms with E-state index < -0.39 is 0 Å². The van der Waals surface area contributed by atoms with E-state index in [0.717, 1.165) is 12.8 Å². The van der Waals surface area contributed by atoms with Gasteiger partial charge in [0.1, 0.15) is 0 Å². The van der Waals surface area contributed by atoms with Gasteiger partial charge in [-0.15, -0.1) is 0 Å². The van der Waals surface area contributed by atoms with Crippen LogP contribution in [0.25, 0.3) is 22.2 Å². The van der Waals surface area contributed by atoms with E-state index in [1.165, 1.54) is 45.3 Å². The predicted octanol–water partition coefficient (Wildman–Crippen LogP) is 6.43. The number of hydrogen-bond donors (Lipinski definition) is 0. The zero-order chi connectivity index (χ0) is 18.5. The van der Waals surface area contributed by atoms with Crippen molar-refractivity contribution < 1.29 is 4.57 Å². The summed E-state index contributed by atoms with van der Waals surface area (Å²) in [6, 6.07) is 18.6. The van der Waals surface area contributed by atoms with Crippen LogP contribution in [0.2, 0.25) is 0 Å². The van der Waals surface area contributed by atoms with Gasteiger partial charge in [0, 0.05) is 36.3 Å². The van der Waals surface area contributed by atoms with Crippen LogP contribution in [0.15, 0.2) is 48.5 Å². The first-order chi connectivity index (χ1) is 12.6. The summed E-state index contributed by atoms with van der Waals surface area (Å²) < 4.78 is 2.70. The Kier molecular flexibility index (Phi) is 4.14. The molecule has 134 valence electrons. The van der Waals surface area contributed by atoms with Crippen LogP contribution in [0, 0.1) is 13.8 Å². The molecule has 0 N–H and O–H groups in total. The Morgan fingerprint density at radius 3 is 2.19 bits per heavy atom. The SMILES string of the molecule is CCC1c2ccc(C)cc2-c2ccc3ccc(C)cc3[n+]2C1(CC)CC. The molecule has 1 aromatic heterocycles. The van der Waals surface area contributed by atoms with E-state index in [1.807, 2.05) is 0 Å². The van der Waals surface area contributed by atoms with Crippen LogP contribution in [0.4, 0.5) is 0 Å². The summed E-state index contributed by atoms with van der Waals surface area (Å²) in [6.07, 6.45) is 3.48. The summed E-state index contributed by atoms with van der Waals surface area (Å²) in [6.45, 7) is 11.5. The fourth-order valence-electron chi connectivity index (χ4n) is 5.35. The molecular formula is C25H30N+. The second-order valence-corrected chi connectivity index (χ2v) is 7.98. The first kappa shape index (κ1) is 17.3. The average Bonchev–Trinajstić information content (AvgIpc) is 2.66. The van der Waals surface area contributed by atoms with Crippen LogP contribution in [-0.4, -0.2) is 0 Å². The normalized spacial score (nSPS) is 17.8. The summed E-state index contributed by atoms with van der Waals surface area (Å²) in [7, 11) is 0. The molecular weight excluding hydrogens is 314 g/mol. The summed E-state index contributed by atoms with van der Waals surface area (Å²) in [5.41, 5.74) is 8.55. The molecule has 1 unspecified atom stereocenters. The molecule has 0 radical (unpaired) electrons. The second-order valence-electron chi connectivity index (χ2n) is 7.98. The summed E-state index contributed by atoms with van der Waals surface area (Å²) in [5.74, 6) is 0.553. The van der Waals surface area contributed by atoms with Crippen molar-refractivity contribution >= 4 is 10.9 Å². The lowest BCUT2D eigenvalue weighted by Crippen LogP contribution is -2.62. The number of nitrogens with zero attached hydrogens (tertiary/aromatic N) is 1. The van der Waals surface area contributed by atoms with E-state index in [1.54, 1.807) is 0 Å². The van der Waals surface area contributed by atoms with Crippen molar-refractivity contribution in [1.82, 2.24) is 0 Å². The Labute approximate surface area is 157 Å². The Morgan fingerprint density at radius 2 is 1.50 bits per heavy atom. The van der Waals surface area contributed by atoms with Gasteiger partial charge in [-0.2, -0.15) is 4.57 Å². The fraction of sp³-hybridized carbons (Fsp3) is 0.400. The third-order valence-electron chi connectivity index (χ3n) is 6.68. The number of aromatic nitrogens is 1. The standard InChI is InChI=1S/C25H30N/c1-6-22-20-13-10-17(4)15-21(20)23-14-12-19-11-9-18(5)16-24(19)26(23)25(22,7-2)8-3/h9-16,22H,6-8H2,1-5H3/q+1. The summed E-state index contributed by atoms with van der Waals surface area (Å²) in [4.78, 5) is 0. The number of hydrogen-bond acceptors (Lipinski definition) is 0. The van der Waals surface area contributed by atoms with E-state index >= 15 is 0 Å². The third-order valence-corrected chi connectivity index (χ3v) is 6.68. The molecule has 2 aromatic carbocycles. The minimum Gasteiger partial charge on any atom is -0.185 e. The van der Waals surface area contributed by atoms with Crippen molar-refractivity contribution in [3.8, 4) is 11.3 Å². The lowest BCUT2D eigenvalue weighted by atomic mass is 9.69. The minimum atomic E-state index is 0.139. The monoisotopic (exact) mass is 344 g/mol. The molecule has 0 spiro atoms. The second kappa shape index (κ2) is 6.23. The van der Waals surface area contributed by atoms with Crippen molar-refractivity contribution in [2.24, 2.45) is 0 Å². The van der Waals surface area contributed by atoms with Crippen LogP contribution in [-0.2, 0) is 5.54 Å². The maximum absolute atomic E-state index is 2.70. The molecule has 4 rings (SSSR count). The Hall–Kier alpha value is -2.15. The van der Waals surface area contributed by atoms with Gasteiger partial charge in [-0.25, -0.2) is 0 Å². The molecule has 0 aliphatic carbocycles. The van der Waals surface area contributed by atoms with E-state index in [4.69, 9.17) is 0 Å². The number of fused-ring (bicyclic) bond motifs is 5. The molecule has 0 amide bonds. The lowest BCUT2D eigenvalue weighted by Gasteiger charge is -2.40. The number of benzene rings is 2. The molecule has 0 saturated heterocycles. The van der Waals surface area contributed by atoms with Crippen LogP contribution in [0.3, 0.4) is 0 Å². The van der Waals surface area contributed by atoms with E-state index in [2.05, 4.69) is 87.7 Å². The van der Waals surface area contributed by atoms with Crippen LogP contribution in [0.5, 0.6) is 0 Å². The quantitative estimate of drug-likeness (QED) is 0.482. The summed E-state index contributed by atoms with van der Waals surface area (Å²) >= 11 is 0. The minimum absolute atomic E-state index is 0.139. The van der Waals surface area contributed by atoms with Crippen molar-refractivity contribution in [2.75, 3.05) is 0 Å². The number of rotatable bonds is 3. The van der Waals surface area contributed by atoms with Gasteiger partial charge < -0.3 is 0 Å². The number of aryl methyl sites for hydroxylation is 2. The van der Waals surface area contributed by atoms with E-state index in [0.29, 0.717) is 5.92 Å². The smallest absolute Gasteiger partial charge is 0.185 e. The molecule has 0 saturated carbocycles. The van der Waals surface area contributed by atoms with E-state index in [-0.39, 0.29) is 5.54 Å². The molecule has 1 heteroatoms. The topological polar surface area (TPSA) is 3.88 Å². The van der Waals surface area contributed by atoms with Crippen LogP contribution >= 0.6 is 0 Å². The molecule has 1 nitrogen and oxygen atoms in total. The van der Waals surface area contributed by atoms with Gasteiger partial charge in [0.15, 0.2) is 5.54 Å². The van der Waals surface area contributed by atoms with E-state index in [9.17, 15) is 0 Å². The van der Waals surface area contributed by atoms with Gasteiger partial charge in [-0.1, -0.05) is 44.5 Å². The van der Waals surface area contributed by atoms with Crippen LogP contribution in [0.1, 0.15) is 62.6 Å². The fourth-order valence-corrected chi connectivity index (χ4v) is 5.35. The molecule has 3 aromatic rings. The van der Waals surface area contributed by atoms with Crippen molar-refractivity contribution in [1.29, 1.82) is 0 Å². The van der Waals surface area contributed by atoms with Crippen LogP contribution < -0.4 is 4.57 Å². The maximum Gasteiger partial charge on any atom is 0.213 e. The molecule has 2 heterocycles. The highest BCUT2D eigenvalue weighted by atomic mass is 15.1. The summed E-state index contributed by atoms with van der Waals surface area (Å²) in [5, 5.41) is 1.34. The van der Waals surface area contributed by atoms with Gasteiger partial charge in [0.2, 0.25) is 11.2 Å². The molecule has 0 bridgehead atoms. The molecule has 1 aliphatic heterocycles. The molecule has 1 atom stereocenters. The van der Waals surface area contributed by atoms with Gasteiger partial charge >= 0.3 is 0 Å². The van der Waals surface area contributed by atoms with Gasteiger partial charge in [-0.05, 0) is 49.6 Å².